The zero-order valence-electron chi connectivity index (χ0n) is 7.45. The zero-order valence-corrected chi connectivity index (χ0v) is 10.9. The SMILES string of the molecule is CCCCCCC[SiH2]N[SiH3]. The van der Waals surface area contributed by atoms with Crippen molar-refractivity contribution in [2.45, 2.75) is 45.1 Å². The molecule has 0 heterocycles. The number of rotatable bonds is 7. The van der Waals surface area contributed by atoms with Gasteiger partial charge in [-0.15, -0.1) is 0 Å². The molecule has 0 aromatic heterocycles. The minimum atomic E-state index is 0.199. The summed E-state index contributed by atoms with van der Waals surface area (Å²) in [6.45, 7) is 2.27. The van der Waals surface area contributed by atoms with Crippen molar-refractivity contribution in [1.82, 2.24) is 4.65 Å². The fourth-order valence-electron chi connectivity index (χ4n) is 1.08. The Labute approximate surface area is 70.4 Å². The maximum absolute atomic E-state index is 3.44. The van der Waals surface area contributed by atoms with Crippen LogP contribution in [0.5, 0.6) is 0 Å². The Bertz CT molecular complexity index is 51.6. The molecule has 0 atom stereocenters. The van der Waals surface area contributed by atoms with Crippen LogP contribution in [-0.4, -0.2) is 20.1 Å². The van der Waals surface area contributed by atoms with Gasteiger partial charge < -0.3 is 4.65 Å². The van der Waals surface area contributed by atoms with Crippen molar-refractivity contribution in [3.05, 3.63) is 0 Å². The normalized spacial score (nSPS) is 11.7. The summed E-state index contributed by atoms with van der Waals surface area (Å²) in [5, 5.41) is 0. The molecule has 0 aromatic rings. The molecule has 0 saturated heterocycles. The van der Waals surface area contributed by atoms with E-state index in [2.05, 4.69) is 11.6 Å². The van der Waals surface area contributed by atoms with Crippen LogP contribution in [0.15, 0.2) is 0 Å². The number of hydrogen-bond donors (Lipinski definition) is 1. The highest BCUT2D eigenvalue weighted by molar-refractivity contribution is 6.41. The largest absolute Gasteiger partial charge is 0.372 e. The van der Waals surface area contributed by atoms with E-state index >= 15 is 0 Å². The summed E-state index contributed by atoms with van der Waals surface area (Å²) in [5.74, 6) is 0. The predicted octanol–water partition coefficient (Wildman–Crippen LogP) is 0.329. The van der Waals surface area contributed by atoms with Crippen molar-refractivity contribution in [1.29, 1.82) is 0 Å². The Hall–Kier alpha value is 0.394. The summed E-state index contributed by atoms with van der Waals surface area (Å²) in [6.07, 6.45) is 7.24. The summed E-state index contributed by atoms with van der Waals surface area (Å²) in [6, 6.07) is 1.52. The molecular formula is C7H21NSi2. The molecule has 0 bridgehead atoms. The standard InChI is InChI=1S/C7H21NSi2/c1-2-3-4-5-6-7-10-8-9/h8H,2-7,10H2,1,9H3. The van der Waals surface area contributed by atoms with Gasteiger partial charge >= 0.3 is 0 Å². The molecule has 0 fully saturated rings. The predicted molar refractivity (Wildman–Crippen MR) is 55.2 cm³/mol. The lowest BCUT2D eigenvalue weighted by Crippen LogP contribution is -2.13. The lowest BCUT2D eigenvalue weighted by Gasteiger charge is -1.98. The molecule has 0 aliphatic heterocycles. The van der Waals surface area contributed by atoms with Crippen LogP contribution in [0.1, 0.15) is 39.0 Å². The van der Waals surface area contributed by atoms with E-state index in [4.69, 9.17) is 0 Å². The molecule has 1 nitrogen and oxygen atoms in total. The summed E-state index contributed by atoms with van der Waals surface area (Å²) >= 11 is 0. The molecule has 0 saturated carbocycles. The number of unbranched alkanes of at least 4 members (excludes halogenated alkanes) is 4. The van der Waals surface area contributed by atoms with Crippen molar-refractivity contribution >= 4 is 20.1 Å². The molecule has 0 radical (unpaired) electrons. The number of nitrogens with one attached hydrogen (secondary N) is 1. The zero-order chi connectivity index (χ0) is 7.66. The van der Waals surface area contributed by atoms with E-state index in [0.29, 0.717) is 0 Å². The third-order valence-corrected chi connectivity index (χ3v) is 4.63. The third-order valence-electron chi connectivity index (χ3n) is 1.78. The van der Waals surface area contributed by atoms with E-state index in [-0.39, 0.29) is 9.68 Å². The van der Waals surface area contributed by atoms with Crippen molar-refractivity contribution in [2.75, 3.05) is 0 Å². The average molecular weight is 175 g/mol. The molecule has 0 aliphatic rings. The maximum atomic E-state index is 3.44. The van der Waals surface area contributed by atoms with Crippen LogP contribution in [-0.2, 0) is 0 Å². The van der Waals surface area contributed by atoms with Gasteiger partial charge in [0.15, 0.2) is 0 Å². The van der Waals surface area contributed by atoms with Gasteiger partial charge in [0.25, 0.3) is 0 Å². The van der Waals surface area contributed by atoms with Crippen molar-refractivity contribution in [3.8, 4) is 0 Å². The Morgan fingerprint density at radius 2 is 1.90 bits per heavy atom. The van der Waals surface area contributed by atoms with Gasteiger partial charge in [0.1, 0.15) is 0 Å². The second-order valence-corrected chi connectivity index (χ2v) is 6.91. The first-order chi connectivity index (χ1) is 4.91. The third kappa shape index (κ3) is 8.39. The molecule has 3 heteroatoms. The van der Waals surface area contributed by atoms with E-state index in [9.17, 15) is 0 Å². The molecule has 1 N–H and O–H groups in total. The maximum Gasteiger partial charge on any atom is 0.0842 e. The Morgan fingerprint density at radius 3 is 2.50 bits per heavy atom. The first kappa shape index (κ1) is 10.4. The van der Waals surface area contributed by atoms with E-state index in [1.165, 1.54) is 48.6 Å². The van der Waals surface area contributed by atoms with E-state index in [1.54, 1.807) is 0 Å². The van der Waals surface area contributed by atoms with Gasteiger partial charge in [-0.2, -0.15) is 0 Å². The molecule has 0 rings (SSSR count). The molecule has 0 spiro atoms. The van der Waals surface area contributed by atoms with E-state index in [0.717, 1.165) is 0 Å². The van der Waals surface area contributed by atoms with Crippen LogP contribution >= 0.6 is 0 Å². The van der Waals surface area contributed by atoms with Gasteiger partial charge in [0.2, 0.25) is 0 Å². The molecular weight excluding hydrogens is 154 g/mol. The first-order valence-electron chi connectivity index (χ1n) is 4.56. The highest BCUT2D eigenvalue weighted by Gasteiger charge is 1.87. The molecule has 0 aromatic carbocycles. The van der Waals surface area contributed by atoms with Gasteiger partial charge in [-0.05, 0) is 0 Å². The minimum absolute atomic E-state index is 0.199. The van der Waals surface area contributed by atoms with E-state index in [1.807, 2.05) is 0 Å². The highest BCUT2D eigenvalue weighted by atomic mass is 28.3. The Morgan fingerprint density at radius 1 is 1.20 bits per heavy atom. The van der Waals surface area contributed by atoms with Gasteiger partial charge in [-0.25, -0.2) is 0 Å². The van der Waals surface area contributed by atoms with Crippen molar-refractivity contribution in [3.63, 3.8) is 0 Å². The average Bonchev–Trinajstić information content (AvgIpc) is 1.97. The fourth-order valence-corrected chi connectivity index (χ4v) is 3.10. The lowest BCUT2D eigenvalue weighted by molar-refractivity contribution is 0.655. The molecule has 0 unspecified atom stereocenters. The van der Waals surface area contributed by atoms with Crippen LogP contribution in [0.2, 0.25) is 6.04 Å². The summed E-state index contributed by atoms with van der Waals surface area (Å²) < 4.78 is 3.44. The molecule has 0 amide bonds. The van der Waals surface area contributed by atoms with Gasteiger partial charge in [-0.3, -0.25) is 0 Å². The van der Waals surface area contributed by atoms with Crippen LogP contribution in [0, 0.1) is 0 Å². The molecule has 62 valence electrons. The van der Waals surface area contributed by atoms with Gasteiger partial charge in [-0.1, -0.05) is 45.1 Å². The monoisotopic (exact) mass is 175 g/mol. The summed E-state index contributed by atoms with van der Waals surface area (Å²) in [4.78, 5) is 0. The first-order valence-corrected chi connectivity index (χ1v) is 7.27. The second kappa shape index (κ2) is 9.39. The van der Waals surface area contributed by atoms with Crippen LogP contribution in [0.25, 0.3) is 0 Å². The van der Waals surface area contributed by atoms with Crippen LogP contribution in [0.3, 0.4) is 0 Å². The quantitative estimate of drug-likeness (QED) is 0.434. The Balaban J connectivity index is 2.65. The Kier molecular flexibility index (Phi) is 9.76. The van der Waals surface area contributed by atoms with Gasteiger partial charge in [0, 0.05) is 0 Å². The lowest BCUT2D eigenvalue weighted by atomic mass is 10.2. The van der Waals surface area contributed by atoms with Crippen LogP contribution < -0.4 is 4.65 Å². The van der Waals surface area contributed by atoms with E-state index < -0.39 is 0 Å². The highest BCUT2D eigenvalue weighted by Crippen LogP contribution is 2.03. The fraction of sp³-hybridized carbons (Fsp3) is 1.00. The number of hydrogen-bond acceptors (Lipinski definition) is 1. The second-order valence-electron chi connectivity index (χ2n) is 2.87. The molecule has 0 aliphatic carbocycles. The minimum Gasteiger partial charge on any atom is -0.372 e. The smallest absolute Gasteiger partial charge is 0.0842 e. The topological polar surface area (TPSA) is 12.0 Å². The molecule has 10 heavy (non-hydrogen) atoms. The van der Waals surface area contributed by atoms with Gasteiger partial charge in [0.05, 0.1) is 20.1 Å². The summed E-state index contributed by atoms with van der Waals surface area (Å²) in [5.41, 5.74) is 0. The van der Waals surface area contributed by atoms with Crippen molar-refractivity contribution < 1.29 is 0 Å². The van der Waals surface area contributed by atoms with Crippen LogP contribution in [0.4, 0.5) is 0 Å². The van der Waals surface area contributed by atoms with Crippen molar-refractivity contribution in [2.24, 2.45) is 0 Å². The summed E-state index contributed by atoms with van der Waals surface area (Å²) in [7, 11) is 1.42.